The van der Waals surface area contributed by atoms with E-state index in [1.54, 1.807) is 20.8 Å². The number of alkyl carbamates (subject to hydrolysis) is 1. The Labute approximate surface area is 94.9 Å². The number of hydrogen-bond acceptors (Lipinski definition) is 4. The Kier molecular flexibility index (Phi) is 5.81. The van der Waals surface area contributed by atoms with Crippen molar-refractivity contribution in [1.29, 1.82) is 0 Å². The molecule has 16 heavy (non-hydrogen) atoms. The van der Waals surface area contributed by atoms with E-state index in [-0.39, 0.29) is 13.2 Å². The van der Waals surface area contributed by atoms with Crippen LogP contribution in [-0.4, -0.2) is 42.0 Å². The van der Waals surface area contributed by atoms with Crippen LogP contribution in [0.4, 0.5) is 4.79 Å². The maximum absolute atomic E-state index is 11.1. The van der Waals surface area contributed by atoms with Crippen molar-refractivity contribution in [3.05, 3.63) is 0 Å². The summed E-state index contributed by atoms with van der Waals surface area (Å²) in [6, 6.07) is 0. The molecule has 0 heterocycles. The Morgan fingerprint density at radius 3 is 2.38 bits per heavy atom. The van der Waals surface area contributed by atoms with Gasteiger partial charge in [-0.05, 0) is 27.7 Å². The normalized spacial score (nSPS) is 13.0. The van der Waals surface area contributed by atoms with Gasteiger partial charge in [-0.2, -0.15) is 0 Å². The fourth-order valence-electron chi connectivity index (χ4n) is 0.774. The van der Waals surface area contributed by atoms with Gasteiger partial charge < -0.3 is 19.9 Å². The van der Waals surface area contributed by atoms with Crippen LogP contribution >= 0.6 is 0 Å². The molecule has 0 aromatic carbocycles. The zero-order valence-electron chi connectivity index (χ0n) is 10.1. The van der Waals surface area contributed by atoms with Gasteiger partial charge in [0, 0.05) is 6.54 Å². The lowest BCUT2D eigenvalue weighted by atomic mass is 10.2. The second kappa shape index (κ2) is 6.32. The first-order valence-electron chi connectivity index (χ1n) is 5.03. The molecule has 1 unspecified atom stereocenters. The van der Waals surface area contributed by atoms with Crippen LogP contribution in [0.1, 0.15) is 27.7 Å². The van der Waals surface area contributed by atoms with Crippen LogP contribution in [0, 0.1) is 0 Å². The minimum absolute atomic E-state index is 0.132. The third-order valence-corrected chi connectivity index (χ3v) is 1.49. The van der Waals surface area contributed by atoms with E-state index in [1.165, 1.54) is 6.92 Å². The molecule has 0 saturated carbocycles. The number of amides is 1. The van der Waals surface area contributed by atoms with E-state index in [9.17, 15) is 9.59 Å². The number of carbonyl (C=O) groups is 2. The Morgan fingerprint density at radius 2 is 1.94 bits per heavy atom. The van der Waals surface area contributed by atoms with Crippen LogP contribution in [-0.2, 0) is 14.3 Å². The second-order valence-corrected chi connectivity index (χ2v) is 4.28. The molecule has 0 bridgehead atoms. The van der Waals surface area contributed by atoms with E-state index in [1.807, 2.05) is 0 Å². The predicted octanol–water partition coefficient (Wildman–Crippen LogP) is 1.00. The van der Waals surface area contributed by atoms with Crippen LogP contribution in [0.25, 0.3) is 0 Å². The molecule has 2 N–H and O–H groups in total. The second-order valence-electron chi connectivity index (χ2n) is 4.28. The van der Waals surface area contributed by atoms with Crippen LogP contribution in [0.3, 0.4) is 0 Å². The SMILES string of the molecule is CC(OCCNC(=O)OC(C)(C)C)C(=O)O. The lowest BCUT2D eigenvalue weighted by Gasteiger charge is -2.19. The number of rotatable bonds is 5. The molecule has 0 saturated heterocycles. The van der Waals surface area contributed by atoms with Crippen molar-refractivity contribution in [1.82, 2.24) is 5.32 Å². The van der Waals surface area contributed by atoms with Crippen molar-refractivity contribution in [2.75, 3.05) is 13.2 Å². The van der Waals surface area contributed by atoms with Crippen LogP contribution in [0.2, 0.25) is 0 Å². The van der Waals surface area contributed by atoms with Gasteiger partial charge in [0.15, 0.2) is 6.10 Å². The number of nitrogens with one attached hydrogen (secondary N) is 1. The Bertz CT molecular complexity index is 246. The summed E-state index contributed by atoms with van der Waals surface area (Å²) in [6.07, 6.45) is -1.42. The molecule has 0 aliphatic heterocycles. The maximum Gasteiger partial charge on any atom is 0.407 e. The van der Waals surface area contributed by atoms with Crippen LogP contribution < -0.4 is 5.32 Å². The van der Waals surface area contributed by atoms with Crippen molar-refractivity contribution in [3.8, 4) is 0 Å². The maximum atomic E-state index is 11.1. The molecule has 1 amide bonds. The molecule has 94 valence electrons. The number of hydrogen-bond donors (Lipinski definition) is 2. The molecular formula is C10H19NO5. The highest BCUT2D eigenvalue weighted by Crippen LogP contribution is 2.06. The molecular weight excluding hydrogens is 214 g/mol. The van der Waals surface area contributed by atoms with Crippen molar-refractivity contribution < 1.29 is 24.2 Å². The highest BCUT2D eigenvalue weighted by molar-refractivity contribution is 5.71. The van der Waals surface area contributed by atoms with Gasteiger partial charge in [-0.15, -0.1) is 0 Å². The van der Waals surface area contributed by atoms with Gasteiger partial charge in [0.2, 0.25) is 0 Å². The number of aliphatic carboxylic acids is 1. The molecule has 0 spiro atoms. The number of carbonyl (C=O) groups excluding carboxylic acids is 1. The average Bonchev–Trinajstić information content (AvgIpc) is 2.08. The van der Waals surface area contributed by atoms with Crippen LogP contribution in [0.15, 0.2) is 0 Å². The summed E-state index contributed by atoms with van der Waals surface area (Å²) in [6.45, 7) is 7.05. The van der Waals surface area contributed by atoms with Gasteiger partial charge in [-0.3, -0.25) is 0 Å². The van der Waals surface area contributed by atoms with E-state index >= 15 is 0 Å². The fourth-order valence-corrected chi connectivity index (χ4v) is 0.774. The zero-order valence-corrected chi connectivity index (χ0v) is 10.1. The lowest BCUT2D eigenvalue weighted by molar-refractivity contribution is -0.148. The number of carboxylic acid groups (broad SMARTS) is 1. The van der Waals surface area contributed by atoms with Gasteiger partial charge in [0.25, 0.3) is 0 Å². The summed E-state index contributed by atoms with van der Waals surface area (Å²) in [7, 11) is 0. The van der Waals surface area contributed by atoms with E-state index in [0.717, 1.165) is 0 Å². The minimum Gasteiger partial charge on any atom is -0.479 e. The van der Waals surface area contributed by atoms with Gasteiger partial charge in [0.1, 0.15) is 5.60 Å². The zero-order chi connectivity index (χ0) is 12.8. The highest BCUT2D eigenvalue weighted by atomic mass is 16.6. The first-order chi connectivity index (χ1) is 7.22. The fraction of sp³-hybridized carbons (Fsp3) is 0.800. The minimum atomic E-state index is -1.03. The van der Waals surface area contributed by atoms with Gasteiger partial charge in [-0.25, -0.2) is 9.59 Å². The van der Waals surface area contributed by atoms with Crippen molar-refractivity contribution in [3.63, 3.8) is 0 Å². The Balaban J connectivity index is 3.60. The first kappa shape index (κ1) is 14.7. The topological polar surface area (TPSA) is 84.9 Å². The standard InChI is InChI=1S/C10H19NO5/c1-7(8(12)13)15-6-5-11-9(14)16-10(2,3)4/h7H,5-6H2,1-4H3,(H,11,14)(H,12,13). The van der Waals surface area contributed by atoms with Gasteiger partial charge >= 0.3 is 12.1 Å². The summed E-state index contributed by atoms with van der Waals surface area (Å²) >= 11 is 0. The molecule has 1 atom stereocenters. The molecule has 6 heteroatoms. The molecule has 0 aliphatic carbocycles. The Hall–Kier alpha value is -1.30. The third-order valence-electron chi connectivity index (χ3n) is 1.49. The van der Waals surface area contributed by atoms with Crippen molar-refractivity contribution in [2.45, 2.75) is 39.4 Å². The predicted molar refractivity (Wildman–Crippen MR) is 57.3 cm³/mol. The molecule has 0 radical (unpaired) electrons. The summed E-state index contributed by atoms with van der Waals surface area (Å²) in [5.74, 6) is -1.03. The molecule has 0 aromatic rings. The highest BCUT2D eigenvalue weighted by Gasteiger charge is 2.16. The number of ether oxygens (including phenoxy) is 2. The van der Waals surface area contributed by atoms with Gasteiger partial charge in [0.05, 0.1) is 6.61 Å². The van der Waals surface area contributed by atoms with E-state index < -0.39 is 23.8 Å². The summed E-state index contributed by atoms with van der Waals surface area (Å²) < 4.78 is 9.88. The molecule has 0 aromatic heterocycles. The first-order valence-corrected chi connectivity index (χ1v) is 5.03. The molecule has 6 nitrogen and oxygen atoms in total. The summed E-state index contributed by atoms with van der Waals surface area (Å²) in [4.78, 5) is 21.5. The van der Waals surface area contributed by atoms with E-state index in [2.05, 4.69) is 5.32 Å². The number of carboxylic acids is 1. The molecule has 0 aliphatic rings. The molecule has 0 rings (SSSR count). The van der Waals surface area contributed by atoms with Crippen molar-refractivity contribution in [2.24, 2.45) is 0 Å². The van der Waals surface area contributed by atoms with E-state index in [4.69, 9.17) is 14.6 Å². The summed E-state index contributed by atoms with van der Waals surface area (Å²) in [5.41, 5.74) is -0.542. The van der Waals surface area contributed by atoms with Gasteiger partial charge in [-0.1, -0.05) is 0 Å². The largest absolute Gasteiger partial charge is 0.479 e. The average molecular weight is 233 g/mol. The van der Waals surface area contributed by atoms with Crippen LogP contribution in [0.5, 0.6) is 0 Å². The van der Waals surface area contributed by atoms with Crippen molar-refractivity contribution >= 4 is 12.1 Å². The summed E-state index contributed by atoms with van der Waals surface area (Å²) in [5, 5.41) is 11.0. The third kappa shape index (κ3) is 8.05. The quantitative estimate of drug-likeness (QED) is 0.692. The monoisotopic (exact) mass is 233 g/mol. The molecule has 0 fully saturated rings. The Morgan fingerprint density at radius 1 is 1.38 bits per heavy atom. The lowest BCUT2D eigenvalue weighted by Crippen LogP contribution is -2.35. The smallest absolute Gasteiger partial charge is 0.407 e. The van der Waals surface area contributed by atoms with E-state index in [0.29, 0.717) is 0 Å².